The number of methoxy groups -OCH3 is 2. The fraction of sp³-hybridized carbons (Fsp3) is 0.471. The summed E-state index contributed by atoms with van der Waals surface area (Å²) in [6.07, 6.45) is 3.81. The molecular weight excluding hydrogens is 735 g/mol. The molecule has 1 saturated carbocycles. The van der Waals surface area contributed by atoms with Crippen LogP contribution in [0.4, 0.5) is 8.78 Å². The van der Waals surface area contributed by atoms with Crippen LogP contribution >= 0.6 is 23.2 Å². The number of hydrogen-bond donors (Lipinski definition) is 0. The predicted molar refractivity (Wildman–Crippen MR) is 182 cm³/mol. The molecule has 17 heteroatoms. The van der Waals surface area contributed by atoms with Gasteiger partial charge in [-0.15, -0.1) is 0 Å². The van der Waals surface area contributed by atoms with Gasteiger partial charge in [0.05, 0.1) is 38.9 Å². The van der Waals surface area contributed by atoms with Crippen molar-refractivity contribution in [2.45, 2.75) is 36.9 Å². The van der Waals surface area contributed by atoms with Gasteiger partial charge in [0.25, 0.3) is 0 Å². The zero-order valence-corrected chi connectivity index (χ0v) is 30.4. The van der Waals surface area contributed by atoms with Crippen LogP contribution in [0, 0.1) is 5.92 Å². The SMILES string of the molecule is COc1ccc(S(=O)(=O)N(CCN2CCOCC2)CC(=O)O[C@@H](Cc2c(Cl)c[nH+]cc2Cl)c2ccc(OC(F)F)c(OCC3CC3)c2)cc1OC. The van der Waals surface area contributed by atoms with E-state index < -0.39 is 35.3 Å². The van der Waals surface area contributed by atoms with E-state index in [2.05, 4.69) is 4.98 Å². The van der Waals surface area contributed by atoms with E-state index in [-0.39, 0.29) is 45.2 Å². The van der Waals surface area contributed by atoms with Gasteiger partial charge in [-0.05, 0) is 48.6 Å². The van der Waals surface area contributed by atoms with Crippen molar-refractivity contribution in [2.24, 2.45) is 5.92 Å². The molecule has 51 heavy (non-hydrogen) atoms. The number of nitrogens with zero attached hydrogens (tertiary/aromatic N) is 2. The number of sulfonamides is 1. The number of carbonyl (C=O) groups is 1. The van der Waals surface area contributed by atoms with E-state index in [1.165, 1.54) is 63.0 Å². The van der Waals surface area contributed by atoms with Crippen molar-refractivity contribution >= 4 is 39.2 Å². The third-order valence-corrected chi connectivity index (χ3v) is 11.0. The molecule has 2 heterocycles. The minimum Gasteiger partial charge on any atom is -0.493 e. The van der Waals surface area contributed by atoms with E-state index in [0.29, 0.717) is 62.2 Å². The van der Waals surface area contributed by atoms with Crippen molar-refractivity contribution in [3.05, 3.63) is 70.0 Å². The summed E-state index contributed by atoms with van der Waals surface area (Å²) in [5.74, 6) is -0.185. The second kappa shape index (κ2) is 17.8. The molecule has 278 valence electrons. The molecule has 2 fully saturated rings. The highest BCUT2D eigenvalue weighted by atomic mass is 35.5. The minimum atomic E-state index is -4.28. The number of nitrogens with one attached hydrogen (secondary N) is 1. The minimum absolute atomic E-state index is 0.0363. The van der Waals surface area contributed by atoms with Gasteiger partial charge in [0.1, 0.15) is 22.7 Å². The maximum Gasteiger partial charge on any atom is 0.387 e. The summed E-state index contributed by atoms with van der Waals surface area (Å²) >= 11 is 12.9. The summed E-state index contributed by atoms with van der Waals surface area (Å²) in [6, 6.07) is 8.40. The Morgan fingerprint density at radius 1 is 1.00 bits per heavy atom. The molecule has 0 radical (unpaired) electrons. The first-order valence-electron chi connectivity index (χ1n) is 16.3. The molecule has 1 atom stereocenters. The number of rotatable bonds is 18. The van der Waals surface area contributed by atoms with Crippen molar-refractivity contribution in [1.82, 2.24) is 9.21 Å². The van der Waals surface area contributed by atoms with Gasteiger partial charge >= 0.3 is 12.6 Å². The van der Waals surface area contributed by atoms with Gasteiger partial charge in [-0.2, -0.15) is 13.1 Å². The highest BCUT2D eigenvalue weighted by Gasteiger charge is 2.32. The highest BCUT2D eigenvalue weighted by Crippen LogP contribution is 2.38. The van der Waals surface area contributed by atoms with Gasteiger partial charge in [-0.3, -0.25) is 9.69 Å². The van der Waals surface area contributed by atoms with Crippen LogP contribution in [0.15, 0.2) is 53.7 Å². The number of aromatic nitrogens is 1. The van der Waals surface area contributed by atoms with Crippen molar-refractivity contribution in [3.8, 4) is 23.0 Å². The fourth-order valence-corrected chi connectivity index (χ4v) is 7.36. The predicted octanol–water partition coefficient (Wildman–Crippen LogP) is 5.07. The molecule has 2 aromatic carbocycles. The zero-order valence-electron chi connectivity index (χ0n) is 28.1. The van der Waals surface area contributed by atoms with Crippen LogP contribution in [-0.2, 0) is 30.7 Å². The molecule has 1 aromatic heterocycles. The van der Waals surface area contributed by atoms with Crippen LogP contribution in [-0.4, -0.2) is 97.0 Å². The molecule has 0 spiro atoms. The molecule has 12 nitrogen and oxygen atoms in total. The van der Waals surface area contributed by atoms with Gasteiger partial charge in [0.2, 0.25) is 10.0 Å². The average molecular weight is 776 g/mol. The van der Waals surface area contributed by atoms with Crippen LogP contribution in [0.3, 0.4) is 0 Å². The maximum atomic E-state index is 14.1. The number of ether oxygens (including phenoxy) is 6. The Bertz CT molecular complexity index is 1740. The number of H-pyrrole nitrogens is 1. The Labute approximate surface area is 305 Å². The molecule has 1 saturated heterocycles. The summed E-state index contributed by atoms with van der Waals surface area (Å²) < 4.78 is 88.4. The topological polar surface area (TPSA) is 127 Å². The lowest BCUT2D eigenvalue weighted by atomic mass is 10.0. The zero-order chi connectivity index (χ0) is 36.5. The van der Waals surface area contributed by atoms with Crippen molar-refractivity contribution < 1.29 is 55.4 Å². The molecule has 1 aliphatic carbocycles. The van der Waals surface area contributed by atoms with E-state index in [4.69, 9.17) is 51.6 Å². The van der Waals surface area contributed by atoms with Gasteiger partial charge < -0.3 is 28.4 Å². The third-order valence-electron chi connectivity index (χ3n) is 8.45. The van der Waals surface area contributed by atoms with Gasteiger partial charge in [-0.1, -0.05) is 29.3 Å². The molecule has 3 aromatic rings. The van der Waals surface area contributed by atoms with Crippen LogP contribution in [0.5, 0.6) is 23.0 Å². The Balaban J connectivity index is 1.45. The second-order valence-electron chi connectivity index (χ2n) is 12.0. The van der Waals surface area contributed by atoms with Crippen LogP contribution in [0.2, 0.25) is 10.0 Å². The normalized spacial score (nSPS) is 15.8. The van der Waals surface area contributed by atoms with Crippen molar-refractivity contribution in [3.63, 3.8) is 0 Å². The monoisotopic (exact) mass is 774 g/mol. The molecule has 1 N–H and O–H groups in total. The van der Waals surface area contributed by atoms with E-state index in [0.717, 1.165) is 17.1 Å². The maximum absolute atomic E-state index is 14.1. The third kappa shape index (κ3) is 10.5. The quantitative estimate of drug-likeness (QED) is 0.162. The van der Waals surface area contributed by atoms with Gasteiger partial charge in [0.15, 0.2) is 35.4 Å². The molecule has 0 unspecified atom stereocenters. The summed E-state index contributed by atoms with van der Waals surface area (Å²) in [5.41, 5.74) is 0.795. The number of morpholine rings is 1. The Hall–Kier alpha value is -3.47. The standard InChI is InChI=1S/C34H39Cl2F2N3O9S/c1-45-28-8-6-24(16-31(28)46-2)51(43,44)41(10-9-40-11-13-47-14-12-40)20-33(42)49-30(17-25-26(35)18-39-19-27(25)36)23-5-7-29(50-34(37)38)32(15-23)48-21-22-3-4-22/h5-8,15-16,18-19,22,30,34H,3-4,9-14,17,20-21H2,1-2H3/p+1/t30-/m0/s1. The smallest absolute Gasteiger partial charge is 0.387 e. The summed E-state index contributed by atoms with van der Waals surface area (Å²) in [6.45, 7) is -0.962. The molecular formula is C34H40Cl2F2N3O9S+. The van der Waals surface area contributed by atoms with E-state index in [1.807, 2.05) is 4.90 Å². The first kappa shape index (κ1) is 38.8. The number of carbonyl (C=O) groups excluding carboxylic acids is 1. The van der Waals surface area contributed by atoms with Crippen LogP contribution in [0.25, 0.3) is 0 Å². The average Bonchev–Trinajstić information content (AvgIpc) is 3.95. The molecule has 0 bridgehead atoms. The van der Waals surface area contributed by atoms with Crippen molar-refractivity contribution in [1.29, 1.82) is 0 Å². The van der Waals surface area contributed by atoms with Crippen LogP contribution < -0.4 is 23.9 Å². The van der Waals surface area contributed by atoms with E-state index in [9.17, 15) is 22.0 Å². The number of aromatic amines is 1. The molecule has 0 amide bonds. The first-order chi connectivity index (χ1) is 24.5. The van der Waals surface area contributed by atoms with Gasteiger partial charge in [-0.25, -0.2) is 13.4 Å². The number of pyridine rings is 1. The molecule has 5 rings (SSSR count). The van der Waals surface area contributed by atoms with Crippen LogP contribution in [0.1, 0.15) is 30.1 Å². The number of alkyl halides is 2. The number of benzene rings is 2. The number of hydrogen-bond acceptors (Lipinski definition) is 10. The molecule has 2 aliphatic rings. The number of esters is 1. The first-order valence-corrected chi connectivity index (χ1v) is 18.4. The highest BCUT2D eigenvalue weighted by molar-refractivity contribution is 7.89. The summed E-state index contributed by atoms with van der Waals surface area (Å²) in [4.78, 5) is 18.6. The van der Waals surface area contributed by atoms with Crippen molar-refractivity contribution in [2.75, 3.05) is 66.8 Å². The van der Waals surface area contributed by atoms with Gasteiger partial charge in [0, 0.05) is 44.2 Å². The molecule has 1 aliphatic heterocycles. The largest absolute Gasteiger partial charge is 0.493 e. The summed E-state index contributed by atoms with van der Waals surface area (Å²) in [7, 11) is -1.45. The van der Waals surface area contributed by atoms with E-state index >= 15 is 0 Å². The lowest BCUT2D eigenvalue weighted by Gasteiger charge is -2.30. The Morgan fingerprint density at radius 3 is 2.33 bits per heavy atom. The Kier molecular flexibility index (Phi) is 13.6. The summed E-state index contributed by atoms with van der Waals surface area (Å²) in [5, 5.41) is 0.518. The second-order valence-corrected chi connectivity index (χ2v) is 14.7. The lowest BCUT2D eigenvalue weighted by Crippen LogP contribution is -2.44. The fourth-order valence-electron chi connectivity index (χ4n) is 5.44. The Morgan fingerprint density at radius 2 is 1.69 bits per heavy atom. The van der Waals surface area contributed by atoms with E-state index in [1.54, 1.807) is 0 Å². The lowest BCUT2D eigenvalue weighted by molar-refractivity contribution is -0.377. The number of halogens is 4.